The standard InChI is InChI=1S/C19H19N3O4/c1-2-13-5-3-4-6-16(13)20-18(23)12-21-17-9-8-15(22(25)26)11-14(17)7-10-19(21)24/h3-6,8-9,11H,2,7,10,12H2,1H3,(H,20,23). The Balaban J connectivity index is 1.80. The number of carbonyl (C=O) groups excluding carboxylic acids is 2. The van der Waals surface area contributed by atoms with Gasteiger partial charge in [0.2, 0.25) is 11.8 Å². The van der Waals surface area contributed by atoms with Crippen molar-refractivity contribution in [2.45, 2.75) is 26.2 Å². The first-order chi connectivity index (χ1) is 12.5. The molecule has 7 nitrogen and oxygen atoms in total. The molecule has 26 heavy (non-hydrogen) atoms. The quantitative estimate of drug-likeness (QED) is 0.660. The highest BCUT2D eigenvalue weighted by Gasteiger charge is 2.27. The van der Waals surface area contributed by atoms with Gasteiger partial charge in [0.15, 0.2) is 0 Å². The molecule has 0 fully saturated rings. The Morgan fingerprint density at radius 1 is 1.23 bits per heavy atom. The lowest BCUT2D eigenvalue weighted by molar-refractivity contribution is -0.384. The zero-order chi connectivity index (χ0) is 18.7. The van der Waals surface area contributed by atoms with Crippen LogP contribution in [0.15, 0.2) is 42.5 Å². The third-order valence-electron chi connectivity index (χ3n) is 4.45. The van der Waals surface area contributed by atoms with Gasteiger partial charge >= 0.3 is 0 Å². The first-order valence-corrected chi connectivity index (χ1v) is 8.45. The van der Waals surface area contributed by atoms with Crippen LogP contribution in [0.5, 0.6) is 0 Å². The fourth-order valence-corrected chi connectivity index (χ4v) is 3.12. The topological polar surface area (TPSA) is 92.6 Å². The number of benzene rings is 2. The highest BCUT2D eigenvalue weighted by Crippen LogP contribution is 2.31. The summed E-state index contributed by atoms with van der Waals surface area (Å²) in [5, 5.41) is 13.8. The van der Waals surface area contributed by atoms with Crippen LogP contribution in [0.4, 0.5) is 17.1 Å². The van der Waals surface area contributed by atoms with Gasteiger partial charge in [-0.1, -0.05) is 25.1 Å². The van der Waals surface area contributed by atoms with Gasteiger partial charge in [0, 0.05) is 29.9 Å². The summed E-state index contributed by atoms with van der Waals surface area (Å²) < 4.78 is 0. The van der Waals surface area contributed by atoms with E-state index in [2.05, 4.69) is 5.32 Å². The van der Waals surface area contributed by atoms with Gasteiger partial charge in [-0.2, -0.15) is 0 Å². The molecule has 2 amide bonds. The Hall–Kier alpha value is -3.22. The number of nitrogens with zero attached hydrogens (tertiary/aromatic N) is 2. The summed E-state index contributed by atoms with van der Waals surface area (Å²) in [4.78, 5) is 36.6. The summed E-state index contributed by atoms with van der Waals surface area (Å²) in [5.41, 5.74) is 3.00. The van der Waals surface area contributed by atoms with E-state index in [1.54, 1.807) is 0 Å². The Bertz CT molecular complexity index is 879. The molecule has 0 unspecified atom stereocenters. The summed E-state index contributed by atoms with van der Waals surface area (Å²) in [6.45, 7) is 1.88. The highest BCUT2D eigenvalue weighted by molar-refractivity contribution is 6.04. The predicted molar refractivity (Wildman–Crippen MR) is 98.2 cm³/mol. The SMILES string of the molecule is CCc1ccccc1NC(=O)CN1C(=O)CCc2cc([N+](=O)[O-])ccc21. The van der Waals surface area contributed by atoms with Crippen LogP contribution in [0.3, 0.4) is 0 Å². The Labute approximate surface area is 150 Å². The molecule has 0 spiro atoms. The number of para-hydroxylation sites is 1. The van der Waals surface area contributed by atoms with Crippen molar-refractivity contribution in [1.29, 1.82) is 0 Å². The first-order valence-electron chi connectivity index (χ1n) is 8.45. The van der Waals surface area contributed by atoms with Crippen LogP contribution in [0.2, 0.25) is 0 Å². The zero-order valence-electron chi connectivity index (χ0n) is 14.4. The molecule has 1 aliphatic rings. The fourth-order valence-electron chi connectivity index (χ4n) is 3.12. The van der Waals surface area contributed by atoms with E-state index in [0.29, 0.717) is 17.7 Å². The predicted octanol–water partition coefficient (Wildman–Crippen LogP) is 3.08. The molecule has 2 aromatic carbocycles. The second-order valence-corrected chi connectivity index (χ2v) is 6.11. The maximum absolute atomic E-state index is 12.5. The van der Waals surface area contributed by atoms with Crippen molar-refractivity contribution < 1.29 is 14.5 Å². The number of hydrogen-bond acceptors (Lipinski definition) is 4. The monoisotopic (exact) mass is 353 g/mol. The van der Waals surface area contributed by atoms with Gasteiger partial charge in [-0.05, 0) is 36.1 Å². The largest absolute Gasteiger partial charge is 0.324 e. The number of fused-ring (bicyclic) bond motifs is 1. The van der Waals surface area contributed by atoms with E-state index < -0.39 is 4.92 Å². The minimum Gasteiger partial charge on any atom is -0.324 e. The van der Waals surface area contributed by atoms with Crippen LogP contribution in [0.25, 0.3) is 0 Å². The lowest BCUT2D eigenvalue weighted by atomic mass is 10.0. The molecule has 0 bridgehead atoms. The normalized spacial score (nSPS) is 13.3. The summed E-state index contributed by atoms with van der Waals surface area (Å²) in [6, 6.07) is 11.9. The van der Waals surface area contributed by atoms with Gasteiger partial charge in [-0.25, -0.2) is 0 Å². The molecule has 0 atom stereocenters. The summed E-state index contributed by atoms with van der Waals surface area (Å²) in [7, 11) is 0. The van der Waals surface area contributed by atoms with Gasteiger partial charge in [-0.15, -0.1) is 0 Å². The molecule has 1 heterocycles. The van der Waals surface area contributed by atoms with E-state index in [4.69, 9.17) is 0 Å². The summed E-state index contributed by atoms with van der Waals surface area (Å²) in [6.07, 6.45) is 1.45. The molecule has 1 N–H and O–H groups in total. The number of nitro groups is 1. The second-order valence-electron chi connectivity index (χ2n) is 6.11. The molecule has 0 radical (unpaired) electrons. The third kappa shape index (κ3) is 3.56. The van der Waals surface area contributed by atoms with E-state index in [1.165, 1.54) is 23.1 Å². The van der Waals surface area contributed by atoms with Crippen molar-refractivity contribution >= 4 is 28.9 Å². The van der Waals surface area contributed by atoms with Gasteiger partial charge < -0.3 is 10.2 Å². The third-order valence-corrected chi connectivity index (χ3v) is 4.45. The number of rotatable bonds is 5. The number of carbonyl (C=O) groups is 2. The maximum Gasteiger partial charge on any atom is 0.269 e. The van der Waals surface area contributed by atoms with Gasteiger partial charge in [0.05, 0.1) is 4.92 Å². The van der Waals surface area contributed by atoms with Crippen LogP contribution in [0.1, 0.15) is 24.5 Å². The van der Waals surface area contributed by atoms with Crippen molar-refractivity contribution in [1.82, 2.24) is 0 Å². The molecule has 0 saturated carbocycles. The molecule has 2 aromatic rings. The molecule has 7 heteroatoms. The van der Waals surface area contributed by atoms with Crippen LogP contribution in [0, 0.1) is 10.1 Å². The van der Waals surface area contributed by atoms with E-state index in [-0.39, 0.29) is 30.5 Å². The van der Waals surface area contributed by atoms with Crippen LogP contribution >= 0.6 is 0 Å². The van der Waals surface area contributed by atoms with Gasteiger partial charge in [-0.3, -0.25) is 19.7 Å². The van der Waals surface area contributed by atoms with Crippen molar-refractivity contribution in [3.63, 3.8) is 0 Å². The molecule has 0 aromatic heterocycles. The number of hydrogen-bond donors (Lipinski definition) is 1. The fraction of sp³-hybridized carbons (Fsp3) is 0.263. The zero-order valence-corrected chi connectivity index (χ0v) is 14.4. The van der Waals surface area contributed by atoms with Crippen LogP contribution in [-0.4, -0.2) is 23.3 Å². The van der Waals surface area contributed by atoms with Gasteiger partial charge in [0.1, 0.15) is 6.54 Å². The Kier molecular flexibility index (Phi) is 4.97. The Morgan fingerprint density at radius 2 is 2.00 bits per heavy atom. The van der Waals surface area contributed by atoms with E-state index in [0.717, 1.165) is 17.7 Å². The number of nitro benzene ring substituents is 1. The first kappa shape index (κ1) is 17.6. The molecule has 0 saturated heterocycles. The van der Waals surface area contributed by atoms with Crippen molar-refractivity contribution in [3.05, 3.63) is 63.7 Å². The highest BCUT2D eigenvalue weighted by atomic mass is 16.6. The summed E-state index contributed by atoms with van der Waals surface area (Å²) >= 11 is 0. The summed E-state index contributed by atoms with van der Waals surface area (Å²) in [5.74, 6) is -0.462. The van der Waals surface area contributed by atoms with Crippen molar-refractivity contribution in [3.8, 4) is 0 Å². The van der Waals surface area contributed by atoms with E-state index >= 15 is 0 Å². The maximum atomic E-state index is 12.5. The molecule has 1 aliphatic heterocycles. The van der Waals surface area contributed by atoms with E-state index in [1.807, 2.05) is 31.2 Å². The molecular formula is C19H19N3O4. The van der Waals surface area contributed by atoms with Crippen molar-refractivity contribution in [2.24, 2.45) is 0 Å². The lowest BCUT2D eigenvalue weighted by Crippen LogP contribution is -2.41. The minimum atomic E-state index is -0.463. The number of aryl methyl sites for hydroxylation is 2. The van der Waals surface area contributed by atoms with Crippen molar-refractivity contribution in [2.75, 3.05) is 16.8 Å². The molecule has 0 aliphatic carbocycles. The minimum absolute atomic E-state index is 0.0145. The van der Waals surface area contributed by atoms with Gasteiger partial charge in [0.25, 0.3) is 5.69 Å². The smallest absolute Gasteiger partial charge is 0.269 e. The van der Waals surface area contributed by atoms with Crippen LogP contribution in [-0.2, 0) is 22.4 Å². The number of amides is 2. The average Bonchev–Trinajstić information content (AvgIpc) is 2.64. The average molecular weight is 353 g/mol. The molecule has 134 valence electrons. The number of anilines is 2. The van der Waals surface area contributed by atoms with Crippen LogP contribution < -0.4 is 10.2 Å². The Morgan fingerprint density at radius 3 is 2.73 bits per heavy atom. The van der Waals surface area contributed by atoms with E-state index in [9.17, 15) is 19.7 Å². The number of nitrogens with one attached hydrogen (secondary N) is 1. The number of non-ortho nitro benzene ring substituents is 1. The second kappa shape index (κ2) is 7.35. The molecule has 3 rings (SSSR count). The molecular weight excluding hydrogens is 334 g/mol. The lowest BCUT2D eigenvalue weighted by Gasteiger charge is -2.28.